The third-order valence-electron chi connectivity index (χ3n) is 5.02. The summed E-state index contributed by atoms with van der Waals surface area (Å²) in [7, 11) is -3.10. The predicted octanol–water partition coefficient (Wildman–Crippen LogP) is 1.74. The van der Waals surface area contributed by atoms with Crippen LogP contribution in [0, 0.1) is 11.8 Å². The molecule has 2 fully saturated rings. The third-order valence-corrected chi connectivity index (χ3v) is 6.90. The molecule has 1 amide bonds. The van der Waals surface area contributed by atoms with Crippen LogP contribution in [0.5, 0.6) is 0 Å². The molecule has 2 atom stereocenters. The van der Waals surface area contributed by atoms with E-state index in [-0.39, 0.29) is 17.6 Å². The molecular weight excluding hydrogens is 288 g/mol. The number of hydrogen-bond donors (Lipinski definition) is 1. The van der Waals surface area contributed by atoms with Crippen LogP contribution in [0.15, 0.2) is 0 Å². The SMILES string of the molecule is CCS(=O)(=O)N1CCC(C(=O)N[C@H]2CCCC[C@@H]2C)CC1. The second-order valence-electron chi connectivity index (χ2n) is 6.45. The largest absolute Gasteiger partial charge is 0.353 e. The molecule has 122 valence electrons. The third kappa shape index (κ3) is 4.19. The summed E-state index contributed by atoms with van der Waals surface area (Å²) < 4.78 is 25.2. The van der Waals surface area contributed by atoms with Crippen LogP contribution in [0.4, 0.5) is 0 Å². The molecule has 0 aromatic rings. The molecule has 0 radical (unpaired) electrons. The maximum atomic E-state index is 12.4. The van der Waals surface area contributed by atoms with Crippen LogP contribution in [0.1, 0.15) is 52.4 Å². The summed E-state index contributed by atoms with van der Waals surface area (Å²) in [5.41, 5.74) is 0. The average Bonchev–Trinajstić information content (AvgIpc) is 2.49. The smallest absolute Gasteiger partial charge is 0.223 e. The molecule has 1 saturated carbocycles. The van der Waals surface area contributed by atoms with E-state index in [2.05, 4.69) is 12.2 Å². The number of hydrogen-bond acceptors (Lipinski definition) is 3. The number of nitrogens with zero attached hydrogens (tertiary/aromatic N) is 1. The van der Waals surface area contributed by atoms with Gasteiger partial charge in [-0.3, -0.25) is 4.79 Å². The van der Waals surface area contributed by atoms with Gasteiger partial charge < -0.3 is 5.32 Å². The number of amides is 1. The van der Waals surface area contributed by atoms with Gasteiger partial charge in [0, 0.05) is 25.0 Å². The first-order valence-electron chi connectivity index (χ1n) is 8.22. The molecule has 1 heterocycles. The van der Waals surface area contributed by atoms with Crippen molar-refractivity contribution in [3.8, 4) is 0 Å². The highest BCUT2D eigenvalue weighted by Crippen LogP contribution is 2.25. The van der Waals surface area contributed by atoms with Crippen LogP contribution in [0.25, 0.3) is 0 Å². The van der Waals surface area contributed by atoms with Crippen LogP contribution < -0.4 is 5.32 Å². The van der Waals surface area contributed by atoms with Crippen LogP contribution in [0.3, 0.4) is 0 Å². The molecule has 0 spiro atoms. The van der Waals surface area contributed by atoms with E-state index in [0.29, 0.717) is 37.9 Å². The first-order valence-corrected chi connectivity index (χ1v) is 9.83. The Morgan fingerprint density at radius 1 is 1.14 bits per heavy atom. The van der Waals surface area contributed by atoms with Crippen LogP contribution in [0.2, 0.25) is 0 Å². The summed E-state index contributed by atoms with van der Waals surface area (Å²) in [6, 6.07) is 0.309. The fraction of sp³-hybridized carbons (Fsp3) is 0.933. The minimum Gasteiger partial charge on any atom is -0.353 e. The number of nitrogens with one attached hydrogen (secondary N) is 1. The summed E-state index contributed by atoms with van der Waals surface area (Å²) in [6.07, 6.45) is 6.02. The Bertz CT molecular complexity index is 456. The summed E-state index contributed by atoms with van der Waals surface area (Å²) >= 11 is 0. The fourth-order valence-corrected chi connectivity index (χ4v) is 4.54. The zero-order chi connectivity index (χ0) is 15.5. The molecular formula is C15H28N2O3S. The molecule has 1 aliphatic heterocycles. The van der Waals surface area contributed by atoms with Crippen molar-refractivity contribution in [2.24, 2.45) is 11.8 Å². The van der Waals surface area contributed by atoms with Crippen molar-refractivity contribution < 1.29 is 13.2 Å². The maximum absolute atomic E-state index is 12.4. The lowest BCUT2D eigenvalue weighted by atomic mass is 9.85. The van der Waals surface area contributed by atoms with Crippen molar-refractivity contribution in [1.29, 1.82) is 0 Å². The van der Waals surface area contributed by atoms with Gasteiger partial charge in [0.15, 0.2) is 0 Å². The van der Waals surface area contributed by atoms with Gasteiger partial charge in [0.05, 0.1) is 5.75 Å². The topological polar surface area (TPSA) is 66.5 Å². The van der Waals surface area contributed by atoms with Gasteiger partial charge >= 0.3 is 0 Å². The van der Waals surface area contributed by atoms with Gasteiger partial charge in [-0.25, -0.2) is 12.7 Å². The molecule has 1 saturated heterocycles. The molecule has 0 aromatic carbocycles. The Kier molecular flexibility index (Phi) is 5.66. The van der Waals surface area contributed by atoms with Crippen LogP contribution in [-0.4, -0.2) is 43.5 Å². The highest BCUT2D eigenvalue weighted by Gasteiger charge is 2.32. The van der Waals surface area contributed by atoms with Crippen molar-refractivity contribution in [3.63, 3.8) is 0 Å². The summed E-state index contributed by atoms with van der Waals surface area (Å²) in [6.45, 7) is 4.84. The molecule has 0 unspecified atom stereocenters. The summed E-state index contributed by atoms with van der Waals surface area (Å²) in [5, 5.41) is 3.20. The normalized spacial score (nSPS) is 29.2. The quantitative estimate of drug-likeness (QED) is 0.859. The molecule has 0 bridgehead atoms. The Labute approximate surface area is 128 Å². The van der Waals surface area contributed by atoms with Crippen LogP contribution in [-0.2, 0) is 14.8 Å². The van der Waals surface area contributed by atoms with Crippen LogP contribution >= 0.6 is 0 Å². The lowest BCUT2D eigenvalue weighted by Crippen LogP contribution is -2.47. The van der Waals surface area contributed by atoms with E-state index in [1.54, 1.807) is 6.92 Å². The van der Waals surface area contributed by atoms with Gasteiger partial charge in [0.25, 0.3) is 0 Å². The van der Waals surface area contributed by atoms with E-state index in [1.165, 1.54) is 23.6 Å². The van der Waals surface area contributed by atoms with Gasteiger partial charge in [0.1, 0.15) is 0 Å². The standard InChI is InChI=1S/C15H28N2O3S/c1-3-21(19,20)17-10-8-13(9-11-17)15(18)16-14-7-5-4-6-12(14)2/h12-14H,3-11H2,1-2H3,(H,16,18)/t12-,14-/m0/s1. The number of piperidine rings is 1. The van der Waals surface area contributed by atoms with Gasteiger partial charge in [-0.2, -0.15) is 0 Å². The Hall–Kier alpha value is -0.620. The molecule has 2 rings (SSSR count). The molecule has 5 nitrogen and oxygen atoms in total. The average molecular weight is 316 g/mol. The lowest BCUT2D eigenvalue weighted by Gasteiger charge is -2.34. The fourth-order valence-electron chi connectivity index (χ4n) is 3.41. The molecule has 21 heavy (non-hydrogen) atoms. The second-order valence-corrected chi connectivity index (χ2v) is 8.71. The van der Waals surface area contributed by atoms with E-state index in [0.717, 1.165) is 6.42 Å². The minimum absolute atomic E-state index is 0.0255. The maximum Gasteiger partial charge on any atom is 0.223 e. The lowest BCUT2D eigenvalue weighted by molar-refractivity contribution is -0.127. The van der Waals surface area contributed by atoms with Gasteiger partial charge in [0.2, 0.25) is 15.9 Å². The highest BCUT2D eigenvalue weighted by atomic mass is 32.2. The Morgan fingerprint density at radius 3 is 2.33 bits per heavy atom. The van der Waals surface area contributed by atoms with Gasteiger partial charge in [-0.15, -0.1) is 0 Å². The molecule has 0 aromatic heterocycles. The van der Waals surface area contributed by atoms with E-state index in [1.807, 2.05) is 0 Å². The van der Waals surface area contributed by atoms with Crippen molar-refractivity contribution >= 4 is 15.9 Å². The van der Waals surface area contributed by atoms with Gasteiger partial charge in [-0.05, 0) is 38.5 Å². The molecule has 6 heteroatoms. The molecule has 2 aliphatic rings. The van der Waals surface area contributed by atoms with E-state index >= 15 is 0 Å². The zero-order valence-electron chi connectivity index (χ0n) is 13.2. The number of rotatable bonds is 4. The van der Waals surface area contributed by atoms with E-state index < -0.39 is 10.0 Å². The Morgan fingerprint density at radius 2 is 1.76 bits per heavy atom. The second kappa shape index (κ2) is 7.09. The highest BCUT2D eigenvalue weighted by molar-refractivity contribution is 7.89. The van der Waals surface area contributed by atoms with Crippen molar-refractivity contribution in [2.45, 2.75) is 58.4 Å². The predicted molar refractivity (Wildman–Crippen MR) is 83.3 cm³/mol. The summed E-state index contributed by atoms with van der Waals surface area (Å²) in [5.74, 6) is 0.802. The Balaban J connectivity index is 1.83. The van der Waals surface area contributed by atoms with Gasteiger partial charge in [-0.1, -0.05) is 19.8 Å². The molecule has 1 aliphatic carbocycles. The van der Waals surface area contributed by atoms with Crippen molar-refractivity contribution in [1.82, 2.24) is 9.62 Å². The van der Waals surface area contributed by atoms with E-state index in [4.69, 9.17) is 0 Å². The monoisotopic (exact) mass is 316 g/mol. The molecule has 1 N–H and O–H groups in total. The number of sulfonamides is 1. The number of carbonyl (C=O) groups excluding carboxylic acids is 1. The van der Waals surface area contributed by atoms with Crippen molar-refractivity contribution in [2.75, 3.05) is 18.8 Å². The van der Waals surface area contributed by atoms with E-state index in [9.17, 15) is 13.2 Å². The zero-order valence-corrected chi connectivity index (χ0v) is 14.0. The first kappa shape index (κ1) is 16.7. The van der Waals surface area contributed by atoms with Crippen molar-refractivity contribution in [3.05, 3.63) is 0 Å². The summed E-state index contributed by atoms with van der Waals surface area (Å²) in [4.78, 5) is 12.4. The first-order chi connectivity index (χ1) is 9.94. The minimum atomic E-state index is -3.10. The number of carbonyl (C=O) groups is 1.